The normalized spacial score (nSPS) is 19.1. The zero-order valence-electron chi connectivity index (χ0n) is 13.4. The molecule has 0 saturated carbocycles. The summed E-state index contributed by atoms with van der Waals surface area (Å²) in [6.45, 7) is 16.7. The molecule has 0 nitrogen and oxygen atoms in total. The molecule has 0 aliphatic rings. The Morgan fingerprint density at radius 2 is 1.24 bits per heavy atom. The van der Waals surface area contributed by atoms with E-state index >= 15 is 0 Å². The molecule has 0 amide bonds. The van der Waals surface area contributed by atoms with Crippen molar-refractivity contribution in [3.63, 3.8) is 0 Å². The van der Waals surface area contributed by atoms with Crippen LogP contribution in [0, 0.1) is 29.6 Å². The van der Waals surface area contributed by atoms with Gasteiger partial charge in [0.05, 0.1) is 0 Å². The van der Waals surface area contributed by atoms with Crippen LogP contribution in [0.4, 0.5) is 0 Å². The molecule has 104 valence electrons. The van der Waals surface area contributed by atoms with Gasteiger partial charge in [-0.1, -0.05) is 74.1 Å². The van der Waals surface area contributed by atoms with Crippen LogP contribution in [0.5, 0.6) is 0 Å². The average molecular weight is 240 g/mol. The van der Waals surface area contributed by atoms with Crippen molar-refractivity contribution in [2.75, 3.05) is 0 Å². The average Bonchev–Trinajstić information content (AvgIpc) is 2.31. The van der Waals surface area contributed by atoms with Crippen molar-refractivity contribution in [2.45, 2.75) is 80.6 Å². The fraction of sp³-hybridized carbons (Fsp3) is 1.00. The predicted molar refractivity (Wildman–Crippen MR) is 80.3 cm³/mol. The van der Waals surface area contributed by atoms with Gasteiger partial charge < -0.3 is 0 Å². The molecule has 0 spiro atoms. The Kier molecular flexibility index (Phi) is 9.00. The van der Waals surface area contributed by atoms with Gasteiger partial charge in [-0.15, -0.1) is 0 Å². The van der Waals surface area contributed by atoms with Crippen LogP contribution in [-0.4, -0.2) is 0 Å². The van der Waals surface area contributed by atoms with Crippen molar-refractivity contribution < 1.29 is 0 Å². The predicted octanol–water partition coefficient (Wildman–Crippen LogP) is 6.16. The third kappa shape index (κ3) is 7.11. The lowest BCUT2D eigenvalue weighted by Crippen LogP contribution is -2.16. The Labute approximate surface area is 111 Å². The lowest BCUT2D eigenvalue weighted by Gasteiger charge is -2.27. The molecule has 0 radical (unpaired) electrons. The molecule has 0 aliphatic heterocycles. The van der Waals surface area contributed by atoms with Crippen molar-refractivity contribution in [2.24, 2.45) is 29.6 Å². The number of rotatable bonds is 9. The second kappa shape index (κ2) is 9.00. The molecule has 0 rings (SSSR count). The number of hydrogen-bond donors (Lipinski definition) is 0. The third-order valence-electron chi connectivity index (χ3n) is 4.95. The van der Waals surface area contributed by atoms with Gasteiger partial charge in [-0.05, 0) is 36.0 Å². The summed E-state index contributed by atoms with van der Waals surface area (Å²) in [5, 5.41) is 0. The molecule has 0 fully saturated rings. The quantitative estimate of drug-likeness (QED) is 0.453. The molecule has 0 heterocycles. The van der Waals surface area contributed by atoms with E-state index in [9.17, 15) is 0 Å². The largest absolute Gasteiger partial charge is 0.0651 e. The van der Waals surface area contributed by atoms with Crippen molar-refractivity contribution in [3.8, 4) is 0 Å². The van der Waals surface area contributed by atoms with Crippen LogP contribution >= 0.6 is 0 Å². The van der Waals surface area contributed by atoms with E-state index in [2.05, 4.69) is 48.5 Å². The van der Waals surface area contributed by atoms with Crippen molar-refractivity contribution >= 4 is 0 Å². The Bertz CT molecular complexity index is 171. The summed E-state index contributed by atoms with van der Waals surface area (Å²) in [7, 11) is 0. The molecule has 0 aromatic heterocycles. The first-order valence-corrected chi connectivity index (χ1v) is 7.92. The zero-order valence-corrected chi connectivity index (χ0v) is 13.4. The SMILES string of the molecule is CCC(C)CC(CC)C(C)CCC(C)C(C)C. The van der Waals surface area contributed by atoms with E-state index in [1.54, 1.807) is 0 Å². The Morgan fingerprint density at radius 3 is 1.65 bits per heavy atom. The first-order chi connectivity index (χ1) is 7.92. The van der Waals surface area contributed by atoms with E-state index in [4.69, 9.17) is 0 Å². The molecule has 4 atom stereocenters. The summed E-state index contributed by atoms with van der Waals surface area (Å²) in [6.07, 6.45) is 6.97. The summed E-state index contributed by atoms with van der Waals surface area (Å²) >= 11 is 0. The molecule has 0 heteroatoms. The van der Waals surface area contributed by atoms with Crippen molar-refractivity contribution in [3.05, 3.63) is 0 Å². The highest BCUT2D eigenvalue weighted by Gasteiger charge is 2.19. The van der Waals surface area contributed by atoms with Crippen molar-refractivity contribution in [1.29, 1.82) is 0 Å². The molecular weight excluding hydrogens is 204 g/mol. The lowest BCUT2D eigenvalue weighted by molar-refractivity contribution is 0.243. The van der Waals surface area contributed by atoms with Gasteiger partial charge in [0.2, 0.25) is 0 Å². The lowest BCUT2D eigenvalue weighted by atomic mass is 9.79. The highest BCUT2D eigenvalue weighted by Crippen LogP contribution is 2.30. The molecule has 0 aromatic carbocycles. The summed E-state index contributed by atoms with van der Waals surface area (Å²) in [5.41, 5.74) is 0. The summed E-state index contributed by atoms with van der Waals surface area (Å²) in [5.74, 6) is 4.50. The molecule has 0 saturated heterocycles. The van der Waals surface area contributed by atoms with Crippen LogP contribution < -0.4 is 0 Å². The second-order valence-corrected chi connectivity index (χ2v) is 6.69. The first-order valence-electron chi connectivity index (χ1n) is 7.92. The molecular formula is C17H36. The Morgan fingerprint density at radius 1 is 0.706 bits per heavy atom. The summed E-state index contributed by atoms with van der Waals surface area (Å²) < 4.78 is 0. The van der Waals surface area contributed by atoms with Gasteiger partial charge in [-0.2, -0.15) is 0 Å². The highest BCUT2D eigenvalue weighted by atomic mass is 14.2. The Hall–Kier alpha value is 0. The van der Waals surface area contributed by atoms with E-state index in [1.165, 1.54) is 32.1 Å². The minimum Gasteiger partial charge on any atom is -0.0651 e. The molecule has 0 N–H and O–H groups in total. The van der Waals surface area contributed by atoms with Crippen LogP contribution in [0.15, 0.2) is 0 Å². The fourth-order valence-corrected chi connectivity index (χ4v) is 2.58. The van der Waals surface area contributed by atoms with Crippen LogP contribution in [-0.2, 0) is 0 Å². The molecule has 17 heavy (non-hydrogen) atoms. The summed E-state index contributed by atoms with van der Waals surface area (Å²) in [4.78, 5) is 0. The monoisotopic (exact) mass is 240 g/mol. The topological polar surface area (TPSA) is 0 Å². The van der Waals surface area contributed by atoms with Gasteiger partial charge in [0.1, 0.15) is 0 Å². The summed E-state index contributed by atoms with van der Waals surface area (Å²) in [6, 6.07) is 0. The fourth-order valence-electron chi connectivity index (χ4n) is 2.58. The van der Waals surface area contributed by atoms with Crippen LogP contribution in [0.1, 0.15) is 80.6 Å². The maximum atomic E-state index is 2.48. The molecule has 0 aromatic rings. The standard InChI is InChI=1S/C17H36/c1-8-14(5)12-17(9-2)16(7)11-10-15(6)13(3)4/h13-17H,8-12H2,1-7H3. The van der Waals surface area contributed by atoms with Crippen LogP contribution in [0.2, 0.25) is 0 Å². The van der Waals surface area contributed by atoms with Crippen molar-refractivity contribution in [1.82, 2.24) is 0 Å². The Balaban J connectivity index is 4.03. The van der Waals surface area contributed by atoms with E-state index in [0.717, 1.165) is 29.6 Å². The number of hydrogen-bond acceptors (Lipinski definition) is 0. The molecule has 0 aliphatic carbocycles. The van der Waals surface area contributed by atoms with E-state index < -0.39 is 0 Å². The van der Waals surface area contributed by atoms with E-state index in [1.807, 2.05) is 0 Å². The van der Waals surface area contributed by atoms with Gasteiger partial charge >= 0.3 is 0 Å². The molecule has 0 bridgehead atoms. The van der Waals surface area contributed by atoms with Gasteiger partial charge in [0.25, 0.3) is 0 Å². The van der Waals surface area contributed by atoms with E-state index in [-0.39, 0.29) is 0 Å². The minimum absolute atomic E-state index is 0.844. The maximum absolute atomic E-state index is 2.48. The maximum Gasteiger partial charge on any atom is -0.0389 e. The second-order valence-electron chi connectivity index (χ2n) is 6.69. The zero-order chi connectivity index (χ0) is 13.4. The van der Waals surface area contributed by atoms with Crippen LogP contribution in [0.25, 0.3) is 0 Å². The minimum atomic E-state index is 0.844. The van der Waals surface area contributed by atoms with Crippen LogP contribution in [0.3, 0.4) is 0 Å². The van der Waals surface area contributed by atoms with Gasteiger partial charge in [0.15, 0.2) is 0 Å². The van der Waals surface area contributed by atoms with Gasteiger partial charge in [-0.25, -0.2) is 0 Å². The smallest absolute Gasteiger partial charge is 0.0389 e. The third-order valence-corrected chi connectivity index (χ3v) is 4.95. The molecule has 4 unspecified atom stereocenters. The van der Waals surface area contributed by atoms with Gasteiger partial charge in [-0.3, -0.25) is 0 Å². The van der Waals surface area contributed by atoms with Gasteiger partial charge in [0, 0.05) is 0 Å². The first kappa shape index (κ1) is 17.0. The van der Waals surface area contributed by atoms with E-state index in [0.29, 0.717) is 0 Å². The highest BCUT2D eigenvalue weighted by molar-refractivity contribution is 4.70.